The molecule has 1 aromatic carbocycles. The summed E-state index contributed by atoms with van der Waals surface area (Å²) >= 11 is 3.17. The Bertz CT molecular complexity index is 2640. The van der Waals surface area contributed by atoms with E-state index in [1.165, 1.54) is 4.90 Å². The number of nitrogens with two attached hydrogens (primary N) is 2. The monoisotopic (exact) mass is 968 g/mol. The quantitative estimate of drug-likeness (QED) is 0.101. The highest BCUT2D eigenvalue weighted by molar-refractivity contribution is 7.23. The molecule has 6 heterocycles. The van der Waals surface area contributed by atoms with E-state index in [2.05, 4.69) is 41.9 Å². The summed E-state index contributed by atoms with van der Waals surface area (Å²) in [6.45, 7) is 3.69. The van der Waals surface area contributed by atoms with Crippen LogP contribution in [-0.4, -0.2) is 115 Å². The zero-order chi connectivity index (χ0) is 48.5. The molecule has 68 heavy (non-hydrogen) atoms. The molecule has 4 aromatic heterocycles. The molecule has 0 radical (unpaired) electrons. The van der Waals surface area contributed by atoms with Crippen LogP contribution in [0.1, 0.15) is 76.8 Å². The number of aromatic amines is 1. The Hall–Kier alpha value is -6.94. The number of benzene rings is 1. The van der Waals surface area contributed by atoms with Gasteiger partial charge in [-0.1, -0.05) is 49.7 Å². The number of nitrogens with one attached hydrogen (secondary N) is 6. The summed E-state index contributed by atoms with van der Waals surface area (Å²) in [5, 5.41) is 25.3. The summed E-state index contributed by atoms with van der Waals surface area (Å²) in [6, 6.07) is 8.47. The van der Waals surface area contributed by atoms with Gasteiger partial charge in [0.05, 0.1) is 23.5 Å². The van der Waals surface area contributed by atoms with Gasteiger partial charge in [0.1, 0.15) is 35.9 Å². The maximum absolute atomic E-state index is 15.0. The first kappa shape index (κ1) is 49.0. The van der Waals surface area contributed by atoms with Crippen LogP contribution < -0.4 is 38.1 Å². The van der Waals surface area contributed by atoms with E-state index in [0.717, 1.165) is 25.5 Å². The second kappa shape index (κ2) is 22.2. The average molecular weight is 969 g/mol. The van der Waals surface area contributed by atoms with Gasteiger partial charge in [0.15, 0.2) is 0 Å². The molecule has 0 bridgehead atoms. The van der Waals surface area contributed by atoms with Gasteiger partial charge in [0.25, 0.3) is 0 Å². The van der Waals surface area contributed by atoms with Crippen LogP contribution in [0.5, 0.6) is 0 Å². The molecule has 0 aliphatic carbocycles. The number of thiophene rings is 2. The van der Waals surface area contributed by atoms with E-state index in [1.54, 1.807) is 46.7 Å². The molecule has 8 amide bonds. The van der Waals surface area contributed by atoms with E-state index in [4.69, 9.17) is 11.5 Å². The van der Waals surface area contributed by atoms with Crippen molar-refractivity contribution in [2.24, 2.45) is 17.4 Å². The summed E-state index contributed by atoms with van der Waals surface area (Å²) in [5.41, 5.74) is 13.4. The summed E-state index contributed by atoms with van der Waals surface area (Å²) in [7, 11) is 0. The van der Waals surface area contributed by atoms with Crippen molar-refractivity contribution in [3.63, 3.8) is 0 Å². The van der Waals surface area contributed by atoms with E-state index >= 15 is 4.79 Å². The number of fused-ring (bicyclic) bond motifs is 2. The molecular formula is C46H56N12O8S2. The molecule has 20 nitrogen and oxygen atoms in total. The number of aromatic nitrogens is 4. The summed E-state index contributed by atoms with van der Waals surface area (Å²) in [5.74, 6) is -6.25. The highest BCUT2D eigenvalue weighted by atomic mass is 32.1. The lowest BCUT2D eigenvalue weighted by Crippen LogP contribution is -2.60. The Morgan fingerprint density at radius 3 is 2.37 bits per heavy atom. The predicted molar refractivity (Wildman–Crippen MR) is 254 cm³/mol. The van der Waals surface area contributed by atoms with Crippen molar-refractivity contribution in [1.82, 2.24) is 51.5 Å². The molecule has 2 aliphatic heterocycles. The highest BCUT2D eigenvalue weighted by Gasteiger charge is 2.45. The summed E-state index contributed by atoms with van der Waals surface area (Å²) in [6.07, 6.45) is 3.63. The van der Waals surface area contributed by atoms with Crippen LogP contribution in [0, 0.1) is 5.92 Å². The van der Waals surface area contributed by atoms with Crippen LogP contribution in [0.4, 0.5) is 0 Å². The molecule has 360 valence electrons. The van der Waals surface area contributed by atoms with Gasteiger partial charge in [0, 0.05) is 65.6 Å². The Labute approximate surface area is 399 Å². The maximum atomic E-state index is 15.0. The minimum absolute atomic E-state index is 0.0115. The first-order chi connectivity index (χ1) is 32.7. The minimum atomic E-state index is -1.48. The van der Waals surface area contributed by atoms with Crippen LogP contribution in [-0.2, 0) is 44.8 Å². The third-order valence-electron chi connectivity index (χ3n) is 12.4. The van der Waals surface area contributed by atoms with Crippen molar-refractivity contribution in [3.8, 4) is 20.3 Å². The number of hydrogen-bond donors (Lipinski definition) is 8. The fourth-order valence-electron chi connectivity index (χ4n) is 8.46. The molecule has 10 N–H and O–H groups in total. The molecule has 0 spiro atoms. The van der Waals surface area contributed by atoms with Gasteiger partial charge in [-0.3, -0.25) is 38.4 Å². The largest absolute Gasteiger partial charge is 0.370 e. The van der Waals surface area contributed by atoms with Crippen LogP contribution >= 0.6 is 22.7 Å². The fraction of sp³-hybridized carbons (Fsp3) is 0.435. The van der Waals surface area contributed by atoms with E-state index in [-0.39, 0.29) is 45.2 Å². The molecule has 7 rings (SSSR count). The number of para-hydroxylation sites is 1. The van der Waals surface area contributed by atoms with E-state index < -0.39 is 95.8 Å². The number of carbonyl (C=O) groups excluding carboxylic acids is 8. The van der Waals surface area contributed by atoms with Gasteiger partial charge in [0.2, 0.25) is 47.3 Å². The second-order valence-corrected chi connectivity index (χ2v) is 19.2. The zero-order valence-corrected chi connectivity index (χ0v) is 39.3. The van der Waals surface area contributed by atoms with Crippen molar-refractivity contribution in [2.45, 2.75) is 108 Å². The maximum Gasteiger partial charge on any atom is 0.246 e. The van der Waals surface area contributed by atoms with Gasteiger partial charge < -0.3 is 47.9 Å². The average Bonchev–Trinajstić information content (AvgIpc) is 4.18. The van der Waals surface area contributed by atoms with Crippen molar-refractivity contribution in [3.05, 3.63) is 71.9 Å². The number of nitrogens with zero attached hydrogens (tertiary/aromatic N) is 4. The molecule has 5 aromatic rings. The number of H-pyrrole nitrogens is 1. The van der Waals surface area contributed by atoms with E-state index in [9.17, 15) is 33.6 Å². The lowest BCUT2D eigenvalue weighted by atomic mass is 9.96. The Balaban J connectivity index is 1.24. The van der Waals surface area contributed by atoms with Crippen LogP contribution in [0.2, 0.25) is 0 Å². The Morgan fingerprint density at radius 1 is 0.853 bits per heavy atom. The van der Waals surface area contributed by atoms with Gasteiger partial charge in [-0.15, -0.1) is 27.8 Å². The fourth-order valence-corrected chi connectivity index (χ4v) is 10.2. The molecule has 2 fully saturated rings. The normalized spacial score (nSPS) is 23.5. The number of carbonyl (C=O) groups is 8. The number of rotatable bonds is 10. The van der Waals surface area contributed by atoms with Gasteiger partial charge >= 0.3 is 0 Å². The van der Waals surface area contributed by atoms with Crippen LogP contribution in [0.3, 0.4) is 0 Å². The second-order valence-electron chi connectivity index (χ2n) is 17.2. The molecule has 2 aliphatic rings. The first-order valence-electron chi connectivity index (χ1n) is 22.6. The van der Waals surface area contributed by atoms with E-state index in [1.807, 2.05) is 60.8 Å². The highest BCUT2D eigenvalue weighted by Crippen LogP contribution is 2.37. The predicted octanol–water partition coefficient (Wildman–Crippen LogP) is 2.03. The molecule has 1 unspecified atom stereocenters. The topological polar surface area (TPSA) is 298 Å². The Kier molecular flexibility index (Phi) is 16.0. The molecule has 7 atom stereocenters. The number of amides is 8. The summed E-state index contributed by atoms with van der Waals surface area (Å²) in [4.78, 5) is 117. The zero-order valence-electron chi connectivity index (χ0n) is 37.7. The number of hydrogen-bond acceptors (Lipinski definition) is 12. The minimum Gasteiger partial charge on any atom is -0.370 e. The molecule has 22 heteroatoms. The SMILES string of the molecule is CC[C@H](C)[C@@H]1NC(=O)C(CC(N)=O)NC(=O)CCC(=O)NCCCC[C@@H](C(N)=O)NC(=O)[C@H](Cc2c[nH]c3ccccc23)NC(=O)[C@@H]2C[C@H](n3cc(-c4ccc(-c5cccs5)s4)nn3)CN2C1=O. The lowest BCUT2D eigenvalue weighted by Gasteiger charge is -2.32. The molecular weight excluding hydrogens is 913 g/mol. The molecule has 2 saturated heterocycles. The summed E-state index contributed by atoms with van der Waals surface area (Å²) < 4.78 is 1.60. The van der Waals surface area contributed by atoms with Crippen LogP contribution in [0.25, 0.3) is 31.2 Å². The van der Waals surface area contributed by atoms with Gasteiger partial charge in [-0.25, -0.2) is 4.68 Å². The van der Waals surface area contributed by atoms with Crippen molar-refractivity contribution < 1.29 is 38.4 Å². The lowest BCUT2D eigenvalue weighted by molar-refractivity contribution is -0.143. The molecule has 0 saturated carbocycles. The number of primary amides is 2. The third-order valence-corrected chi connectivity index (χ3v) is 14.6. The van der Waals surface area contributed by atoms with Gasteiger partial charge in [-0.05, 0) is 60.4 Å². The van der Waals surface area contributed by atoms with Crippen molar-refractivity contribution in [2.75, 3.05) is 13.1 Å². The Morgan fingerprint density at radius 2 is 1.62 bits per heavy atom. The van der Waals surface area contributed by atoms with Gasteiger partial charge in [-0.2, -0.15) is 0 Å². The standard InChI is InChI=1S/C46H56N12O8S2/c1-3-25(2)41-46(66)57-23-27(58-24-33(55-56-58)35-13-14-37(68-35)36-12-8-18-67-36)20-34(57)45(65)53-31(19-26-22-50-29-10-5-4-9-28(26)29)43(63)52-30(42(48)62)11-6-7-17-49-39(60)15-16-40(61)51-32(21-38(47)59)44(64)54-41/h4-5,8-10,12-14,18,22,24-25,27,30-32,34,41,50H,3,6-7,11,15-17,19-21,23H2,1-2H3,(H2,47,59)(H2,48,62)(H,49,60)(H,51,61)(H,52,63)(H,53,65)(H,54,64)/t25-,27-,30-,31-,32?,34-,41-/m0/s1. The van der Waals surface area contributed by atoms with Crippen molar-refractivity contribution >= 4 is 80.8 Å². The third kappa shape index (κ3) is 12.0. The van der Waals surface area contributed by atoms with E-state index in [0.29, 0.717) is 30.5 Å². The first-order valence-corrected chi connectivity index (χ1v) is 24.3. The van der Waals surface area contributed by atoms with Crippen molar-refractivity contribution in [1.29, 1.82) is 0 Å². The smallest absolute Gasteiger partial charge is 0.246 e. The van der Waals surface area contributed by atoms with Crippen LogP contribution in [0.15, 0.2) is 66.3 Å².